The fraction of sp³-hybridized carbons (Fsp3) is 0.415. The zero-order valence-electron chi connectivity index (χ0n) is 51.3. The number of carboxylic acid groups (broad SMARTS) is 1. The van der Waals surface area contributed by atoms with Gasteiger partial charge in [0, 0.05) is 82.4 Å². The summed E-state index contributed by atoms with van der Waals surface area (Å²) in [4.78, 5) is 51.3. The molecule has 482 valence electrons. The summed E-state index contributed by atoms with van der Waals surface area (Å²) >= 11 is 12.2. The molecule has 3 amide bonds. The van der Waals surface area contributed by atoms with Crippen molar-refractivity contribution in [3.63, 3.8) is 0 Å². The maximum atomic E-state index is 13.1. The maximum absolute atomic E-state index is 13.1. The predicted molar refractivity (Wildman–Crippen MR) is 342 cm³/mol. The molecule has 22 nitrogen and oxygen atoms in total. The van der Waals surface area contributed by atoms with Crippen molar-refractivity contribution in [2.75, 3.05) is 50.6 Å². The van der Waals surface area contributed by atoms with E-state index in [2.05, 4.69) is 39.2 Å². The molecule has 25 heteroatoms. The number of piperidine rings is 2. The number of nitrogens with one attached hydrogen (secondary N) is 1. The van der Waals surface area contributed by atoms with Crippen LogP contribution in [0.3, 0.4) is 0 Å². The Bertz CT molecular complexity index is 3390. The van der Waals surface area contributed by atoms with Crippen LogP contribution in [0.25, 0.3) is 22.5 Å². The molecule has 11 N–H and O–H groups in total. The monoisotopic (exact) mass is 1280 g/mol. The molecule has 90 heavy (non-hydrogen) atoms. The molecular formula is C65H83Cl2LiN8O14. The largest absolute Gasteiger partial charge is 1.00 e. The van der Waals surface area contributed by atoms with E-state index in [0.717, 1.165) is 44.5 Å². The minimum absolute atomic E-state index is 0. The summed E-state index contributed by atoms with van der Waals surface area (Å²) < 4.78 is 18.8. The van der Waals surface area contributed by atoms with Crippen molar-refractivity contribution < 1.29 is 88.7 Å². The van der Waals surface area contributed by atoms with Gasteiger partial charge in [-0.3, -0.25) is 24.0 Å². The second-order valence-corrected chi connectivity index (χ2v) is 23.2. The van der Waals surface area contributed by atoms with Crippen LogP contribution in [-0.2, 0) is 36.9 Å². The summed E-state index contributed by atoms with van der Waals surface area (Å²) in [6.45, 7) is 14.1. The first-order chi connectivity index (χ1) is 40.9. The second-order valence-electron chi connectivity index (χ2n) is 22.3. The molecule has 0 radical (unpaired) electrons. The first-order valence-electron chi connectivity index (χ1n) is 28.4. The SMILES string of the molecule is C.C1CCOC1.CC(C)(C)OC(=O)N1CCCC[C@H]1C(=O)Nc1ccc(C#Cc2cn(CCO)nc2-c2cc(Cl)ccc2O)cc1.CC(C)(C)OC(=O)N1CCCC[C@H]1C(=O)O.Nc1ccc(C#Cc2cn(CCO)nc2-c2cc(Cl)ccc2O)cc1.O.[Li+].[OH-]. The average Bonchev–Trinajstić information content (AvgIpc) is 2.70. The van der Waals surface area contributed by atoms with E-state index in [9.17, 15) is 34.5 Å². The molecule has 0 aliphatic carbocycles. The zero-order valence-corrected chi connectivity index (χ0v) is 52.8. The Labute approximate surface area is 548 Å². The summed E-state index contributed by atoms with van der Waals surface area (Å²) in [6.07, 6.45) is 9.43. The van der Waals surface area contributed by atoms with E-state index in [1.807, 2.05) is 12.1 Å². The number of carbonyl (C=O) groups is 4. The minimum atomic E-state index is -0.953. The molecule has 2 atom stereocenters. The Hall–Kier alpha value is -7.72. The number of aromatic nitrogens is 4. The maximum Gasteiger partial charge on any atom is 1.00 e. The Morgan fingerprint density at radius 2 is 1.06 bits per heavy atom. The number of likely N-dealkylation sites (tertiary alicyclic amines) is 2. The third kappa shape index (κ3) is 24.6. The molecule has 5 heterocycles. The fourth-order valence-electron chi connectivity index (χ4n) is 8.94. The van der Waals surface area contributed by atoms with Crippen LogP contribution in [0.4, 0.5) is 21.0 Å². The normalized spacial score (nSPS) is 14.8. The van der Waals surface area contributed by atoms with E-state index in [1.165, 1.54) is 34.8 Å². The predicted octanol–water partition coefficient (Wildman–Crippen LogP) is 7.21. The zero-order chi connectivity index (χ0) is 62.6. The number of aliphatic hydroxyl groups is 2. The quantitative estimate of drug-likeness (QED) is 0.0427. The standard InChI is InChI=1S/C30H33ClN4O5.C19H16ClN3O2.C11H19NO4.C4H8O.CH4.Li.2H2O/c1-30(2,3)40-29(39)35-15-5-4-6-25(35)28(38)32-23-12-8-20(9-13-23)7-10-21-19-34(16-17-36)33-27(21)24-18-22(31)11-14-26(24)37;20-15-5-8-18(25)17(11-15)19-14(12-23(22-19)9-10-24)4-1-13-2-6-16(21)7-3-13;1-11(2,3)16-10(15)12-7-5-4-6-8(12)9(13)14;1-2-4-5-3-1;;;;/h8-9,11-14,18-19,25,36-37H,4-6,15-17H2,1-3H3,(H,32,38);2-3,5-8,11-12,24-25H,9-10,21H2;8H,4-7H2,1-3H3,(H,13,14);1-4H2;1H4;;2*1H2/q;;;;;+1;;/p-1/t25-;;8-;;;;;/m0.0...../s1. The van der Waals surface area contributed by atoms with Crippen LogP contribution in [0.5, 0.6) is 11.5 Å². The molecule has 2 aromatic heterocycles. The summed E-state index contributed by atoms with van der Waals surface area (Å²) in [6, 6.07) is 22.4. The molecule has 9 rings (SSSR count). The van der Waals surface area contributed by atoms with Crippen molar-refractivity contribution in [1.82, 2.24) is 29.4 Å². The number of phenolic OH excluding ortho intramolecular Hbond substituents is 2. The van der Waals surface area contributed by atoms with E-state index in [-0.39, 0.29) is 74.4 Å². The Balaban J connectivity index is 0.000000470. The molecule has 0 spiro atoms. The number of ether oxygens (including phenoxy) is 3. The van der Waals surface area contributed by atoms with Crippen LogP contribution in [-0.4, -0.2) is 153 Å². The van der Waals surface area contributed by atoms with E-state index in [0.29, 0.717) is 93.1 Å². The third-order valence-corrected chi connectivity index (χ3v) is 13.5. The second kappa shape index (κ2) is 37.4. The number of aliphatic hydroxyl groups excluding tert-OH is 2. The number of aliphatic carboxylic acids is 1. The number of aromatic hydroxyl groups is 2. The van der Waals surface area contributed by atoms with Crippen molar-refractivity contribution in [2.45, 2.75) is 137 Å². The number of phenols is 2. The summed E-state index contributed by atoms with van der Waals surface area (Å²) in [5, 5.41) is 60.7. The molecule has 0 saturated carbocycles. The molecule has 3 aliphatic heterocycles. The van der Waals surface area contributed by atoms with Crippen LogP contribution >= 0.6 is 23.2 Å². The molecule has 3 fully saturated rings. The van der Waals surface area contributed by atoms with Gasteiger partial charge in [-0.15, -0.1) is 0 Å². The van der Waals surface area contributed by atoms with E-state index >= 15 is 0 Å². The minimum Gasteiger partial charge on any atom is -0.870 e. The number of halogens is 2. The van der Waals surface area contributed by atoms with E-state index in [4.69, 9.17) is 53.4 Å². The van der Waals surface area contributed by atoms with Crippen molar-refractivity contribution in [3.05, 3.63) is 130 Å². The van der Waals surface area contributed by atoms with Gasteiger partial charge < -0.3 is 61.7 Å². The van der Waals surface area contributed by atoms with Crippen LogP contribution in [0.2, 0.25) is 10.0 Å². The van der Waals surface area contributed by atoms with Crippen LogP contribution in [0.1, 0.15) is 123 Å². The van der Waals surface area contributed by atoms with Gasteiger partial charge >= 0.3 is 37.0 Å². The number of rotatable bonds is 9. The molecule has 3 aliphatic rings. The summed E-state index contributed by atoms with van der Waals surface area (Å²) in [7, 11) is 0. The van der Waals surface area contributed by atoms with Gasteiger partial charge in [0.2, 0.25) is 5.91 Å². The van der Waals surface area contributed by atoms with Gasteiger partial charge in [-0.25, -0.2) is 14.4 Å². The third-order valence-electron chi connectivity index (χ3n) is 13.0. The molecule has 6 aromatic rings. The number of hydrogen-bond acceptors (Lipinski definition) is 15. The number of hydrogen-bond donors (Lipinski definition) is 7. The number of nitrogens with zero attached hydrogens (tertiary/aromatic N) is 6. The van der Waals surface area contributed by atoms with Gasteiger partial charge in [-0.1, -0.05) is 54.3 Å². The fourth-order valence-corrected chi connectivity index (χ4v) is 9.29. The Kier molecular flexibility index (Phi) is 32.6. The van der Waals surface area contributed by atoms with Crippen molar-refractivity contribution in [1.29, 1.82) is 0 Å². The number of nitrogens with two attached hydrogens (primary N) is 1. The smallest absolute Gasteiger partial charge is 0.870 e. The van der Waals surface area contributed by atoms with Crippen LogP contribution in [0.15, 0.2) is 97.3 Å². The van der Waals surface area contributed by atoms with Gasteiger partial charge in [0.25, 0.3) is 0 Å². The number of nitrogen functional groups attached to an aromatic ring is 1. The molecule has 0 unspecified atom stereocenters. The number of anilines is 2. The number of benzene rings is 4. The Morgan fingerprint density at radius 3 is 1.44 bits per heavy atom. The number of carboxylic acids is 1. The first-order valence-corrected chi connectivity index (χ1v) is 29.1. The van der Waals surface area contributed by atoms with Gasteiger partial charge in [0.15, 0.2) is 0 Å². The van der Waals surface area contributed by atoms with Crippen molar-refractivity contribution in [3.8, 4) is 57.7 Å². The van der Waals surface area contributed by atoms with Crippen molar-refractivity contribution in [2.24, 2.45) is 0 Å². The van der Waals surface area contributed by atoms with Crippen molar-refractivity contribution >= 4 is 58.6 Å². The van der Waals surface area contributed by atoms with Gasteiger partial charge in [-0.2, -0.15) is 10.2 Å². The number of amides is 3. The average molecular weight is 1280 g/mol. The van der Waals surface area contributed by atoms with E-state index < -0.39 is 41.4 Å². The van der Waals surface area contributed by atoms with Crippen LogP contribution < -0.4 is 29.9 Å². The Morgan fingerprint density at radius 1 is 0.644 bits per heavy atom. The molecule has 4 aromatic carbocycles. The van der Waals surface area contributed by atoms with Gasteiger partial charge in [0.05, 0.1) is 37.4 Å². The summed E-state index contributed by atoms with van der Waals surface area (Å²) in [5.41, 5.74) is 10.3. The molecule has 3 saturated heterocycles. The van der Waals surface area contributed by atoms with E-state index in [1.54, 1.807) is 124 Å². The summed E-state index contributed by atoms with van der Waals surface area (Å²) in [5.74, 6) is 11.2. The topological polar surface area (TPSA) is 339 Å². The van der Waals surface area contributed by atoms with Crippen LogP contribution in [0, 0.1) is 23.7 Å². The first kappa shape index (κ1) is 78.4. The van der Waals surface area contributed by atoms with Gasteiger partial charge in [0.1, 0.15) is 46.2 Å². The van der Waals surface area contributed by atoms with Gasteiger partial charge in [-0.05, 0) is 178 Å². The number of carbonyl (C=O) groups excluding carboxylic acids is 3. The molecular weight excluding hydrogens is 1190 g/mol. The molecule has 0 bridgehead atoms.